The third-order valence-corrected chi connectivity index (χ3v) is 5.02. The van der Waals surface area contributed by atoms with Crippen LogP contribution in [0.1, 0.15) is 92.8 Å². The minimum absolute atomic E-state index is 0.0822. The zero-order chi connectivity index (χ0) is 21.3. The maximum atomic E-state index is 10.4. The smallest absolute Gasteiger partial charge is 0.303 e. The number of aliphatic carboxylic acids is 1. The highest BCUT2D eigenvalue weighted by Gasteiger charge is 2.19. The Morgan fingerprint density at radius 1 is 1.19 bits per heavy atom. The van der Waals surface area contributed by atoms with Crippen molar-refractivity contribution in [1.82, 2.24) is 10.3 Å². The number of hydrogen-bond acceptors (Lipinski definition) is 4. The fourth-order valence-electron chi connectivity index (χ4n) is 3.64. The maximum absolute atomic E-state index is 10.4. The second-order valence-electron chi connectivity index (χ2n) is 7.17. The Bertz CT molecular complexity index is 601. The van der Waals surface area contributed by atoms with Crippen molar-refractivity contribution in [2.45, 2.75) is 95.2 Å². The second-order valence-corrected chi connectivity index (χ2v) is 7.17. The standard InChI is InChI=1S/C12H23N.C9H11NO3/c1-3-7-11(8-4-1)13-12-9-5-2-6-10-12;11-8(3-4-9(12)13)7-2-1-5-10-6-7/h11-13H,1-10H2;1-2,5-6,8,11H,3-4H2,(H,12,13)/i;3D2,8D. The molecule has 1 atom stereocenters. The molecule has 2 aliphatic carbocycles. The molecule has 3 rings (SSSR count). The van der Waals surface area contributed by atoms with Gasteiger partial charge in [0.15, 0.2) is 0 Å². The van der Waals surface area contributed by atoms with Crippen molar-refractivity contribution in [2.24, 2.45) is 0 Å². The largest absolute Gasteiger partial charge is 0.481 e. The van der Waals surface area contributed by atoms with E-state index in [9.17, 15) is 9.90 Å². The van der Waals surface area contributed by atoms with Crippen LogP contribution >= 0.6 is 0 Å². The Labute approximate surface area is 161 Å². The zero-order valence-corrected chi connectivity index (χ0v) is 15.5. The summed E-state index contributed by atoms with van der Waals surface area (Å²) in [7, 11) is 0. The van der Waals surface area contributed by atoms with E-state index >= 15 is 0 Å². The van der Waals surface area contributed by atoms with Gasteiger partial charge in [0.25, 0.3) is 0 Å². The van der Waals surface area contributed by atoms with Crippen LogP contribution in [0.3, 0.4) is 0 Å². The summed E-state index contributed by atoms with van der Waals surface area (Å²) in [6.45, 7) is 0. The first-order chi connectivity index (χ1) is 13.7. The number of pyridine rings is 1. The van der Waals surface area contributed by atoms with Crippen LogP contribution in [0.4, 0.5) is 0 Å². The number of carboxylic acids is 1. The molecule has 1 heterocycles. The number of aromatic nitrogens is 1. The van der Waals surface area contributed by atoms with Crippen LogP contribution in [0.2, 0.25) is 0 Å². The SMILES string of the molecule is C1CCC(NC2CCCCC2)CC1.[2H]C([2H])(CC(=O)O)C([2H])(O)c1cccnc1. The lowest BCUT2D eigenvalue weighted by molar-refractivity contribution is -0.137. The molecule has 0 saturated heterocycles. The molecule has 2 saturated carbocycles. The van der Waals surface area contributed by atoms with Gasteiger partial charge in [-0.3, -0.25) is 9.78 Å². The summed E-state index contributed by atoms with van der Waals surface area (Å²) in [5.74, 6) is -1.42. The summed E-state index contributed by atoms with van der Waals surface area (Å²) in [4.78, 5) is 14.1. The molecule has 0 radical (unpaired) electrons. The lowest BCUT2D eigenvalue weighted by Crippen LogP contribution is -2.40. The molecule has 0 spiro atoms. The molecule has 146 valence electrons. The van der Waals surface area contributed by atoms with Crippen molar-refractivity contribution in [2.75, 3.05) is 0 Å². The quantitative estimate of drug-likeness (QED) is 0.703. The fourth-order valence-corrected chi connectivity index (χ4v) is 3.64. The van der Waals surface area contributed by atoms with Gasteiger partial charge in [-0.05, 0) is 43.7 Å². The Kier molecular flexibility index (Phi) is 7.72. The van der Waals surface area contributed by atoms with Gasteiger partial charge in [-0.2, -0.15) is 0 Å². The van der Waals surface area contributed by atoms with E-state index in [1.54, 1.807) is 0 Å². The molecule has 0 aromatic carbocycles. The van der Waals surface area contributed by atoms with Crippen molar-refractivity contribution in [3.63, 3.8) is 0 Å². The Hall–Kier alpha value is -1.46. The summed E-state index contributed by atoms with van der Waals surface area (Å²) in [6, 6.07) is 4.50. The normalized spacial score (nSPS) is 23.5. The van der Waals surface area contributed by atoms with Crippen molar-refractivity contribution in [3.8, 4) is 0 Å². The summed E-state index contributed by atoms with van der Waals surface area (Å²) in [5.41, 5.74) is -0.0822. The second kappa shape index (κ2) is 12.0. The molecule has 1 unspecified atom stereocenters. The summed E-state index contributed by atoms with van der Waals surface area (Å²) < 4.78 is 22.4. The van der Waals surface area contributed by atoms with Gasteiger partial charge in [0, 0.05) is 33.6 Å². The molecule has 0 bridgehead atoms. The van der Waals surface area contributed by atoms with E-state index in [1.165, 1.54) is 82.5 Å². The highest BCUT2D eigenvalue weighted by atomic mass is 16.4. The lowest BCUT2D eigenvalue weighted by atomic mass is 9.91. The summed E-state index contributed by atoms with van der Waals surface area (Å²) in [6.07, 6.45) is 10.9. The van der Waals surface area contributed by atoms with E-state index in [0.717, 1.165) is 18.3 Å². The van der Waals surface area contributed by atoms with Crippen molar-refractivity contribution >= 4 is 5.97 Å². The number of carbonyl (C=O) groups is 1. The maximum Gasteiger partial charge on any atom is 0.303 e. The number of hydrogen-bond donors (Lipinski definition) is 3. The number of nitrogens with one attached hydrogen (secondary N) is 1. The van der Waals surface area contributed by atoms with Gasteiger partial charge in [-0.15, -0.1) is 0 Å². The molecule has 26 heavy (non-hydrogen) atoms. The fraction of sp³-hybridized carbons (Fsp3) is 0.714. The third kappa shape index (κ3) is 8.28. The van der Waals surface area contributed by atoms with Gasteiger partial charge < -0.3 is 15.5 Å². The van der Waals surface area contributed by atoms with Gasteiger partial charge in [-0.1, -0.05) is 44.6 Å². The Morgan fingerprint density at radius 2 is 1.77 bits per heavy atom. The molecule has 5 heteroatoms. The number of rotatable bonds is 6. The van der Waals surface area contributed by atoms with E-state index < -0.39 is 24.8 Å². The highest BCUT2D eigenvalue weighted by Crippen LogP contribution is 2.22. The Balaban J connectivity index is 0.000000211. The molecule has 1 aromatic rings. The number of carboxylic acid groups (broad SMARTS) is 1. The molecule has 2 aliphatic rings. The third-order valence-electron chi connectivity index (χ3n) is 5.02. The van der Waals surface area contributed by atoms with Crippen LogP contribution in [-0.4, -0.2) is 33.3 Å². The van der Waals surface area contributed by atoms with Gasteiger partial charge in [0.05, 0.1) is 7.45 Å². The minimum Gasteiger partial charge on any atom is -0.481 e. The summed E-state index contributed by atoms with van der Waals surface area (Å²) >= 11 is 0. The first-order valence-corrected chi connectivity index (χ1v) is 9.83. The highest BCUT2D eigenvalue weighted by molar-refractivity contribution is 5.66. The molecular weight excluding hydrogens is 328 g/mol. The topological polar surface area (TPSA) is 82.5 Å². The van der Waals surface area contributed by atoms with Gasteiger partial charge in [0.2, 0.25) is 0 Å². The molecule has 5 nitrogen and oxygen atoms in total. The molecule has 3 N–H and O–H groups in total. The number of nitrogens with zero attached hydrogens (tertiary/aromatic N) is 1. The van der Waals surface area contributed by atoms with Crippen molar-refractivity contribution in [3.05, 3.63) is 30.1 Å². The van der Waals surface area contributed by atoms with E-state index in [2.05, 4.69) is 10.3 Å². The first kappa shape index (κ1) is 16.7. The minimum atomic E-state index is -2.64. The van der Waals surface area contributed by atoms with Gasteiger partial charge >= 0.3 is 5.97 Å². The van der Waals surface area contributed by atoms with Crippen LogP contribution in [0.25, 0.3) is 0 Å². The average molecular weight is 366 g/mol. The van der Waals surface area contributed by atoms with Crippen LogP contribution < -0.4 is 5.32 Å². The Morgan fingerprint density at radius 3 is 2.23 bits per heavy atom. The first-order valence-electron chi connectivity index (χ1n) is 11.3. The molecule has 0 aliphatic heterocycles. The van der Waals surface area contributed by atoms with Crippen LogP contribution in [0.5, 0.6) is 0 Å². The lowest BCUT2D eigenvalue weighted by Gasteiger charge is -2.30. The predicted molar refractivity (Wildman–Crippen MR) is 103 cm³/mol. The number of aliphatic hydroxyl groups is 1. The van der Waals surface area contributed by atoms with E-state index in [-0.39, 0.29) is 5.56 Å². The van der Waals surface area contributed by atoms with Crippen LogP contribution in [0.15, 0.2) is 24.5 Å². The van der Waals surface area contributed by atoms with Gasteiger partial charge in [0.1, 0.15) is 0 Å². The van der Waals surface area contributed by atoms with Crippen LogP contribution in [-0.2, 0) is 4.79 Å². The molecule has 2 fully saturated rings. The zero-order valence-electron chi connectivity index (χ0n) is 18.5. The predicted octanol–water partition coefficient (Wildman–Crippen LogP) is 4.22. The average Bonchev–Trinajstić information content (AvgIpc) is 2.70. The van der Waals surface area contributed by atoms with E-state index in [4.69, 9.17) is 9.22 Å². The van der Waals surface area contributed by atoms with Crippen LogP contribution in [0, 0.1) is 0 Å². The van der Waals surface area contributed by atoms with E-state index in [0.29, 0.717) is 0 Å². The van der Waals surface area contributed by atoms with Gasteiger partial charge in [-0.25, -0.2) is 0 Å². The molecule has 1 aromatic heterocycles. The molecular formula is C21H34N2O3. The summed E-state index contributed by atoms with van der Waals surface area (Å²) in [5, 5.41) is 22.1. The monoisotopic (exact) mass is 365 g/mol. The van der Waals surface area contributed by atoms with E-state index in [1.807, 2.05) is 0 Å². The van der Waals surface area contributed by atoms with Crippen molar-refractivity contribution < 1.29 is 19.1 Å². The molecule has 0 amide bonds. The van der Waals surface area contributed by atoms with Crippen molar-refractivity contribution in [1.29, 1.82) is 0 Å².